The molecule has 2 aromatic carbocycles. The summed E-state index contributed by atoms with van der Waals surface area (Å²) in [7, 11) is 0. The molecule has 0 unspecified atom stereocenters. The summed E-state index contributed by atoms with van der Waals surface area (Å²) in [5, 5.41) is 20.2. The molecule has 0 radical (unpaired) electrons. The van der Waals surface area contributed by atoms with Gasteiger partial charge in [0.15, 0.2) is 0 Å². The second-order valence-electron chi connectivity index (χ2n) is 3.61. The van der Waals surface area contributed by atoms with Crippen molar-refractivity contribution in [3.8, 4) is 17.2 Å². The van der Waals surface area contributed by atoms with E-state index in [2.05, 4.69) is 0 Å². The van der Waals surface area contributed by atoms with Gasteiger partial charge in [-0.15, -0.1) is 0 Å². The SMILES string of the molecule is N#Cc1cc(-c2ccc(Cl)cc2)ccc1[N+](=O)[O-]. The molecule has 0 aliphatic carbocycles. The fourth-order valence-electron chi connectivity index (χ4n) is 1.61. The zero-order valence-electron chi connectivity index (χ0n) is 9.13. The Morgan fingerprint density at radius 1 is 1.11 bits per heavy atom. The van der Waals surface area contributed by atoms with Crippen LogP contribution in [-0.2, 0) is 0 Å². The standard InChI is InChI=1S/C13H7ClN2O2/c14-12-4-1-9(2-5-12)10-3-6-13(16(17)18)11(7-10)8-15/h1-7H. The van der Waals surface area contributed by atoms with Crippen molar-refractivity contribution in [2.75, 3.05) is 0 Å². The quantitative estimate of drug-likeness (QED) is 0.608. The number of hydrogen-bond acceptors (Lipinski definition) is 3. The Balaban J connectivity index is 2.51. The van der Waals surface area contributed by atoms with Crippen LogP contribution in [0.3, 0.4) is 0 Å². The van der Waals surface area contributed by atoms with Crippen molar-refractivity contribution in [3.05, 3.63) is 63.2 Å². The summed E-state index contributed by atoms with van der Waals surface area (Å²) in [6.45, 7) is 0. The zero-order valence-corrected chi connectivity index (χ0v) is 9.89. The Bertz CT molecular complexity index is 645. The number of nitro benzene ring substituents is 1. The van der Waals surface area contributed by atoms with E-state index >= 15 is 0 Å². The number of halogens is 1. The molecule has 0 saturated carbocycles. The fourth-order valence-corrected chi connectivity index (χ4v) is 1.73. The lowest BCUT2D eigenvalue weighted by Gasteiger charge is -2.02. The van der Waals surface area contributed by atoms with Crippen LogP contribution >= 0.6 is 11.6 Å². The number of nitro groups is 1. The molecule has 0 saturated heterocycles. The van der Waals surface area contributed by atoms with E-state index in [-0.39, 0.29) is 11.3 Å². The molecule has 88 valence electrons. The van der Waals surface area contributed by atoms with Crippen molar-refractivity contribution in [2.24, 2.45) is 0 Å². The second kappa shape index (κ2) is 4.86. The van der Waals surface area contributed by atoms with Gasteiger partial charge in [0, 0.05) is 11.1 Å². The summed E-state index contributed by atoms with van der Waals surface area (Å²) in [6.07, 6.45) is 0. The van der Waals surface area contributed by atoms with E-state index in [0.29, 0.717) is 5.02 Å². The molecule has 0 fully saturated rings. The average molecular weight is 259 g/mol. The normalized spacial score (nSPS) is 9.78. The van der Waals surface area contributed by atoms with Crippen LogP contribution in [0.5, 0.6) is 0 Å². The maximum absolute atomic E-state index is 10.7. The van der Waals surface area contributed by atoms with Gasteiger partial charge in [-0.05, 0) is 35.4 Å². The third kappa shape index (κ3) is 2.31. The summed E-state index contributed by atoms with van der Waals surface area (Å²) < 4.78 is 0. The Morgan fingerprint density at radius 2 is 1.72 bits per heavy atom. The first-order valence-corrected chi connectivity index (χ1v) is 5.44. The minimum Gasteiger partial charge on any atom is -0.258 e. The molecule has 0 heterocycles. The van der Waals surface area contributed by atoms with Crippen LogP contribution in [0, 0.1) is 21.4 Å². The topological polar surface area (TPSA) is 66.9 Å². The molecule has 2 rings (SSSR count). The number of nitrogens with zero attached hydrogens (tertiary/aromatic N) is 2. The molecule has 0 bridgehead atoms. The summed E-state index contributed by atoms with van der Waals surface area (Å²) in [6, 6.07) is 13.3. The first kappa shape index (κ1) is 12.1. The monoisotopic (exact) mass is 258 g/mol. The van der Waals surface area contributed by atoms with E-state index in [1.807, 2.05) is 6.07 Å². The summed E-state index contributed by atoms with van der Waals surface area (Å²) >= 11 is 5.78. The molecule has 0 N–H and O–H groups in total. The van der Waals surface area contributed by atoms with Crippen LogP contribution in [-0.4, -0.2) is 4.92 Å². The summed E-state index contributed by atoms with van der Waals surface area (Å²) in [4.78, 5) is 10.1. The molecule has 5 heteroatoms. The Morgan fingerprint density at radius 3 is 2.28 bits per heavy atom. The van der Waals surface area contributed by atoms with E-state index < -0.39 is 4.92 Å². The van der Waals surface area contributed by atoms with Gasteiger partial charge in [0.25, 0.3) is 5.69 Å². The van der Waals surface area contributed by atoms with E-state index in [4.69, 9.17) is 16.9 Å². The molecule has 0 amide bonds. The van der Waals surface area contributed by atoms with Crippen molar-refractivity contribution < 1.29 is 4.92 Å². The molecule has 18 heavy (non-hydrogen) atoms. The minimum absolute atomic E-state index is 0.0486. The number of nitriles is 1. The zero-order chi connectivity index (χ0) is 13.1. The highest BCUT2D eigenvalue weighted by Gasteiger charge is 2.14. The highest BCUT2D eigenvalue weighted by Crippen LogP contribution is 2.26. The largest absolute Gasteiger partial charge is 0.287 e. The van der Waals surface area contributed by atoms with Gasteiger partial charge < -0.3 is 0 Å². The van der Waals surface area contributed by atoms with Gasteiger partial charge in [-0.1, -0.05) is 23.7 Å². The smallest absolute Gasteiger partial charge is 0.258 e. The van der Waals surface area contributed by atoms with Gasteiger partial charge in [-0.25, -0.2) is 0 Å². The summed E-state index contributed by atoms with van der Waals surface area (Å²) in [5.41, 5.74) is 1.46. The van der Waals surface area contributed by atoms with Crippen molar-refractivity contribution in [1.29, 1.82) is 5.26 Å². The van der Waals surface area contributed by atoms with E-state index in [0.717, 1.165) is 11.1 Å². The van der Waals surface area contributed by atoms with Gasteiger partial charge in [-0.3, -0.25) is 10.1 Å². The van der Waals surface area contributed by atoms with Gasteiger partial charge in [-0.2, -0.15) is 5.26 Å². The number of rotatable bonds is 2. The predicted molar refractivity (Wildman–Crippen MR) is 68.3 cm³/mol. The Hall–Kier alpha value is -2.38. The molecule has 0 aliphatic rings. The lowest BCUT2D eigenvalue weighted by atomic mass is 10.0. The number of hydrogen-bond donors (Lipinski definition) is 0. The predicted octanol–water partition coefficient (Wildman–Crippen LogP) is 3.79. The highest BCUT2D eigenvalue weighted by molar-refractivity contribution is 6.30. The fraction of sp³-hybridized carbons (Fsp3) is 0. The van der Waals surface area contributed by atoms with Crippen LogP contribution in [0.25, 0.3) is 11.1 Å². The summed E-state index contributed by atoms with van der Waals surface area (Å²) in [5.74, 6) is 0. The van der Waals surface area contributed by atoms with Crippen LogP contribution in [0.4, 0.5) is 5.69 Å². The van der Waals surface area contributed by atoms with Crippen LogP contribution in [0.1, 0.15) is 5.56 Å². The van der Waals surface area contributed by atoms with Gasteiger partial charge >= 0.3 is 0 Å². The third-order valence-corrected chi connectivity index (χ3v) is 2.74. The molecule has 0 spiro atoms. The van der Waals surface area contributed by atoms with E-state index in [1.54, 1.807) is 30.3 Å². The van der Waals surface area contributed by atoms with Gasteiger partial charge in [0.1, 0.15) is 11.6 Å². The lowest BCUT2D eigenvalue weighted by molar-refractivity contribution is -0.385. The van der Waals surface area contributed by atoms with Crippen molar-refractivity contribution in [1.82, 2.24) is 0 Å². The third-order valence-electron chi connectivity index (χ3n) is 2.49. The first-order chi connectivity index (χ1) is 8.61. The maximum Gasteiger partial charge on any atom is 0.287 e. The van der Waals surface area contributed by atoms with Crippen LogP contribution < -0.4 is 0 Å². The second-order valence-corrected chi connectivity index (χ2v) is 4.04. The van der Waals surface area contributed by atoms with Crippen molar-refractivity contribution >= 4 is 17.3 Å². The molecule has 0 aromatic heterocycles. The van der Waals surface area contributed by atoms with Gasteiger partial charge in [0.2, 0.25) is 0 Å². The van der Waals surface area contributed by atoms with Gasteiger partial charge in [0.05, 0.1) is 4.92 Å². The number of benzene rings is 2. The molecular formula is C13H7ClN2O2. The average Bonchev–Trinajstić information content (AvgIpc) is 2.38. The molecule has 2 aromatic rings. The molecule has 0 aliphatic heterocycles. The highest BCUT2D eigenvalue weighted by atomic mass is 35.5. The Kier molecular flexibility index (Phi) is 3.26. The molecular weight excluding hydrogens is 252 g/mol. The van der Waals surface area contributed by atoms with E-state index in [1.165, 1.54) is 12.1 Å². The molecule has 0 atom stereocenters. The van der Waals surface area contributed by atoms with Crippen molar-refractivity contribution in [3.63, 3.8) is 0 Å². The molecule has 4 nitrogen and oxygen atoms in total. The van der Waals surface area contributed by atoms with Crippen LogP contribution in [0.2, 0.25) is 5.02 Å². The first-order valence-electron chi connectivity index (χ1n) is 5.06. The van der Waals surface area contributed by atoms with Crippen LogP contribution in [0.15, 0.2) is 42.5 Å². The minimum atomic E-state index is -0.565. The van der Waals surface area contributed by atoms with E-state index in [9.17, 15) is 10.1 Å². The van der Waals surface area contributed by atoms with Crippen molar-refractivity contribution in [2.45, 2.75) is 0 Å². The maximum atomic E-state index is 10.7. The lowest BCUT2D eigenvalue weighted by Crippen LogP contribution is -1.92. The Labute approximate surface area is 108 Å².